The molecule has 0 aromatic heterocycles. The fraction of sp³-hybridized carbons (Fsp3) is 1.00. The van der Waals surface area contributed by atoms with Crippen LogP contribution < -0.4 is 5.32 Å². The lowest BCUT2D eigenvalue weighted by atomic mass is 9.83. The van der Waals surface area contributed by atoms with E-state index in [0.717, 1.165) is 18.9 Å². The first-order valence-corrected chi connectivity index (χ1v) is 5.14. The second-order valence-corrected chi connectivity index (χ2v) is 4.64. The summed E-state index contributed by atoms with van der Waals surface area (Å²) in [5.41, 5.74) is 0.246. The van der Waals surface area contributed by atoms with Gasteiger partial charge in [0.25, 0.3) is 0 Å². The molecule has 2 aliphatic rings. The quantitative estimate of drug-likeness (QED) is 0.683. The maximum Gasteiger partial charge on any atom is 0.0682 e. The summed E-state index contributed by atoms with van der Waals surface area (Å²) in [6.07, 6.45) is 6.34. The third-order valence-electron chi connectivity index (χ3n) is 3.66. The van der Waals surface area contributed by atoms with Gasteiger partial charge in [0, 0.05) is 12.1 Å². The Labute approximate surface area is 86.5 Å². The Balaban J connectivity index is 0.000000845. The van der Waals surface area contributed by atoms with Gasteiger partial charge in [0.15, 0.2) is 0 Å². The molecule has 1 saturated heterocycles. The minimum Gasteiger partial charge on any atom is -0.392 e. The highest BCUT2D eigenvalue weighted by atomic mass is 35.5. The van der Waals surface area contributed by atoms with E-state index in [1.807, 2.05) is 0 Å². The van der Waals surface area contributed by atoms with E-state index in [4.69, 9.17) is 0 Å². The molecule has 2 unspecified atom stereocenters. The Morgan fingerprint density at radius 3 is 2.38 bits per heavy atom. The summed E-state index contributed by atoms with van der Waals surface area (Å²) in [7, 11) is 0. The zero-order valence-electron chi connectivity index (χ0n) is 8.25. The molecule has 0 spiro atoms. The van der Waals surface area contributed by atoms with Crippen molar-refractivity contribution in [2.24, 2.45) is 5.92 Å². The summed E-state index contributed by atoms with van der Waals surface area (Å²) in [5, 5.41) is 12.9. The normalized spacial score (nSPS) is 40.6. The zero-order chi connectivity index (χ0) is 8.60. The van der Waals surface area contributed by atoms with Crippen molar-refractivity contribution in [1.82, 2.24) is 5.32 Å². The molecule has 1 heterocycles. The van der Waals surface area contributed by atoms with Crippen LogP contribution >= 0.6 is 12.4 Å². The maximum absolute atomic E-state index is 9.46. The average molecular weight is 206 g/mol. The Morgan fingerprint density at radius 2 is 1.92 bits per heavy atom. The molecule has 0 amide bonds. The predicted molar refractivity (Wildman–Crippen MR) is 56.2 cm³/mol. The Morgan fingerprint density at radius 1 is 1.31 bits per heavy atom. The summed E-state index contributed by atoms with van der Waals surface area (Å²) in [5.74, 6) is 0.814. The highest BCUT2D eigenvalue weighted by molar-refractivity contribution is 5.85. The molecule has 1 saturated carbocycles. The fourth-order valence-corrected chi connectivity index (χ4v) is 2.86. The van der Waals surface area contributed by atoms with Crippen LogP contribution in [0.3, 0.4) is 0 Å². The first-order chi connectivity index (χ1) is 5.71. The molecule has 1 aliphatic heterocycles. The molecule has 2 fully saturated rings. The third kappa shape index (κ3) is 2.17. The number of halogens is 1. The average Bonchev–Trinajstić information content (AvgIpc) is 2.59. The summed E-state index contributed by atoms with van der Waals surface area (Å²) in [6.45, 7) is 3.08. The van der Waals surface area contributed by atoms with Gasteiger partial charge >= 0.3 is 0 Å². The molecule has 2 atom stereocenters. The van der Waals surface area contributed by atoms with E-state index in [0.29, 0.717) is 0 Å². The van der Waals surface area contributed by atoms with Gasteiger partial charge in [-0.1, -0.05) is 12.8 Å². The smallest absolute Gasteiger partial charge is 0.0682 e. The Bertz CT molecular complexity index is 170. The number of nitrogens with one attached hydrogen (secondary N) is 1. The van der Waals surface area contributed by atoms with Gasteiger partial charge in [-0.15, -0.1) is 12.4 Å². The Kier molecular flexibility index (Phi) is 3.61. The van der Waals surface area contributed by atoms with Crippen molar-refractivity contribution in [3.63, 3.8) is 0 Å². The summed E-state index contributed by atoms with van der Waals surface area (Å²) < 4.78 is 0. The van der Waals surface area contributed by atoms with Crippen LogP contribution in [0.15, 0.2) is 0 Å². The molecular weight excluding hydrogens is 186 g/mol. The molecule has 0 aromatic carbocycles. The van der Waals surface area contributed by atoms with Gasteiger partial charge in [-0.2, -0.15) is 0 Å². The molecule has 0 bridgehead atoms. The van der Waals surface area contributed by atoms with Crippen molar-refractivity contribution in [1.29, 1.82) is 0 Å². The van der Waals surface area contributed by atoms with Gasteiger partial charge in [0.05, 0.1) is 6.10 Å². The third-order valence-corrected chi connectivity index (χ3v) is 3.66. The van der Waals surface area contributed by atoms with Crippen LogP contribution in [0.25, 0.3) is 0 Å². The van der Waals surface area contributed by atoms with Crippen LogP contribution in [0.1, 0.15) is 39.0 Å². The van der Waals surface area contributed by atoms with Crippen LogP contribution in [0, 0.1) is 5.92 Å². The number of hydrogen-bond donors (Lipinski definition) is 2. The van der Waals surface area contributed by atoms with E-state index >= 15 is 0 Å². The number of β-amino-alcohol motifs (C(OH)–C–C–N with tert-alkyl or cyclic N) is 1. The highest BCUT2D eigenvalue weighted by Crippen LogP contribution is 2.38. The fourth-order valence-electron chi connectivity index (χ4n) is 2.86. The van der Waals surface area contributed by atoms with Crippen molar-refractivity contribution in [3.05, 3.63) is 0 Å². The first kappa shape index (κ1) is 11.3. The lowest BCUT2D eigenvalue weighted by molar-refractivity contribution is 0.172. The lowest BCUT2D eigenvalue weighted by Crippen LogP contribution is -2.42. The first-order valence-electron chi connectivity index (χ1n) is 5.14. The number of hydrogen-bond acceptors (Lipinski definition) is 2. The van der Waals surface area contributed by atoms with Crippen LogP contribution in [-0.2, 0) is 0 Å². The minimum absolute atomic E-state index is 0. The van der Waals surface area contributed by atoms with Gasteiger partial charge in [0.1, 0.15) is 0 Å². The second-order valence-electron chi connectivity index (χ2n) is 4.64. The van der Waals surface area contributed by atoms with Crippen LogP contribution in [0.4, 0.5) is 0 Å². The van der Waals surface area contributed by atoms with Crippen molar-refractivity contribution >= 4 is 12.4 Å². The van der Waals surface area contributed by atoms with Crippen molar-refractivity contribution in [2.45, 2.75) is 50.7 Å². The molecule has 0 radical (unpaired) electrons. The lowest BCUT2D eigenvalue weighted by Gasteiger charge is -2.31. The number of aliphatic hydroxyl groups is 1. The summed E-state index contributed by atoms with van der Waals surface area (Å²) >= 11 is 0. The predicted octanol–water partition coefficient (Wildman–Crippen LogP) is 1.71. The molecule has 2 rings (SSSR count). The Hall–Kier alpha value is 0.210. The monoisotopic (exact) mass is 205 g/mol. The maximum atomic E-state index is 9.46. The van der Waals surface area contributed by atoms with Gasteiger partial charge in [0.2, 0.25) is 0 Å². The van der Waals surface area contributed by atoms with Crippen LogP contribution in [0.5, 0.6) is 0 Å². The number of rotatable bonds is 1. The molecule has 1 aliphatic carbocycles. The van der Waals surface area contributed by atoms with E-state index in [1.165, 1.54) is 25.7 Å². The highest BCUT2D eigenvalue weighted by Gasteiger charge is 2.41. The molecule has 2 N–H and O–H groups in total. The zero-order valence-corrected chi connectivity index (χ0v) is 9.07. The topological polar surface area (TPSA) is 32.3 Å². The molecular formula is C10H20ClNO. The van der Waals surface area contributed by atoms with Crippen molar-refractivity contribution < 1.29 is 5.11 Å². The largest absolute Gasteiger partial charge is 0.392 e. The van der Waals surface area contributed by atoms with E-state index in [-0.39, 0.29) is 24.0 Å². The van der Waals surface area contributed by atoms with Crippen molar-refractivity contribution in [2.75, 3.05) is 6.54 Å². The molecule has 13 heavy (non-hydrogen) atoms. The van der Waals surface area contributed by atoms with E-state index < -0.39 is 0 Å². The molecule has 0 aromatic rings. The summed E-state index contributed by atoms with van der Waals surface area (Å²) in [6, 6.07) is 0. The molecule has 3 heteroatoms. The van der Waals surface area contributed by atoms with Crippen LogP contribution in [-0.4, -0.2) is 23.3 Å². The molecule has 78 valence electrons. The molecule has 2 nitrogen and oxygen atoms in total. The standard InChI is InChI=1S/C10H19NO.ClH/c1-10(6-9(12)7-11-10)8-4-2-3-5-8;/h8-9,11-12H,2-7H2,1H3;1H. The van der Waals surface area contributed by atoms with Gasteiger partial charge < -0.3 is 10.4 Å². The van der Waals surface area contributed by atoms with Gasteiger partial charge in [-0.3, -0.25) is 0 Å². The second kappa shape index (κ2) is 4.16. The van der Waals surface area contributed by atoms with E-state index in [1.54, 1.807) is 0 Å². The minimum atomic E-state index is -0.101. The van der Waals surface area contributed by atoms with Crippen molar-refractivity contribution in [3.8, 4) is 0 Å². The van der Waals surface area contributed by atoms with E-state index in [2.05, 4.69) is 12.2 Å². The number of aliphatic hydroxyl groups excluding tert-OH is 1. The SMILES string of the molecule is CC1(C2CCCC2)CC(O)CN1.Cl. The van der Waals surface area contributed by atoms with Gasteiger partial charge in [-0.25, -0.2) is 0 Å². The summed E-state index contributed by atoms with van der Waals surface area (Å²) in [4.78, 5) is 0. The van der Waals surface area contributed by atoms with Gasteiger partial charge in [-0.05, 0) is 32.1 Å². The van der Waals surface area contributed by atoms with Crippen LogP contribution in [0.2, 0.25) is 0 Å². The van der Waals surface area contributed by atoms with E-state index in [9.17, 15) is 5.11 Å².